The lowest BCUT2D eigenvalue weighted by Gasteiger charge is -2.17. The van der Waals surface area contributed by atoms with E-state index >= 15 is 0 Å². The lowest BCUT2D eigenvalue weighted by Crippen LogP contribution is -2.29. The molecule has 0 spiro atoms. The van der Waals surface area contributed by atoms with E-state index < -0.39 is 0 Å². The largest absolute Gasteiger partial charge is 0.396 e. The highest BCUT2D eigenvalue weighted by Crippen LogP contribution is 1.95. The number of aliphatic hydroxyl groups excluding tert-OH is 2. The first-order chi connectivity index (χ1) is 4.74. The van der Waals surface area contributed by atoms with E-state index in [2.05, 4.69) is 0 Å². The molecule has 0 bridgehead atoms. The molecule has 10 heavy (non-hydrogen) atoms. The quantitative estimate of drug-likeness (QED) is 0.452. The van der Waals surface area contributed by atoms with Crippen molar-refractivity contribution in [2.24, 2.45) is 5.92 Å². The van der Waals surface area contributed by atoms with Crippen molar-refractivity contribution in [3.05, 3.63) is 0 Å². The van der Waals surface area contributed by atoms with Crippen LogP contribution in [0.3, 0.4) is 0 Å². The number of aliphatic hydroxyl groups is 2. The van der Waals surface area contributed by atoms with Crippen LogP contribution in [0, 0.1) is 5.92 Å². The van der Waals surface area contributed by atoms with Crippen LogP contribution in [0.2, 0.25) is 0 Å². The zero-order valence-electron chi connectivity index (χ0n) is 6.19. The molecular formula is C6H15NO3. The number of hydrogen-bond donors (Lipinski definition) is 3. The third-order valence-electron chi connectivity index (χ3n) is 1.35. The molecule has 0 heterocycles. The van der Waals surface area contributed by atoms with Crippen LogP contribution in [0.5, 0.6) is 0 Å². The Balaban J connectivity index is 3.41. The summed E-state index contributed by atoms with van der Waals surface area (Å²) in [5, 5.41) is 27.1. The SMILES string of the molecule is CCN(O)CC(CO)CO. The highest BCUT2D eigenvalue weighted by Gasteiger charge is 2.08. The maximum Gasteiger partial charge on any atom is 0.0494 e. The fraction of sp³-hybridized carbons (Fsp3) is 1.00. The minimum absolute atomic E-state index is 0.0897. The zero-order valence-corrected chi connectivity index (χ0v) is 6.19. The van der Waals surface area contributed by atoms with E-state index in [-0.39, 0.29) is 19.1 Å². The van der Waals surface area contributed by atoms with Crippen LogP contribution in [0.4, 0.5) is 0 Å². The van der Waals surface area contributed by atoms with Gasteiger partial charge in [-0.15, -0.1) is 0 Å². The summed E-state index contributed by atoms with van der Waals surface area (Å²) in [6.45, 7) is 2.45. The van der Waals surface area contributed by atoms with Gasteiger partial charge < -0.3 is 15.4 Å². The number of nitrogens with zero attached hydrogens (tertiary/aromatic N) is 1. The van der Waals surface area contributed by atoms with E-state index in [0.29, 0.717) is 13.1 Å². The maximum atomic E-state index is 8.90. The van der Waals surface area contributed by atoms with Crippen LogP contribution < -0.4 is 0 Å². The lowest BCUT2D eigenvalue weighted by atomic mass is 10.2. The van der Waals surface area contributed by atoms with E-state index in [1.54, 1.807) is 6.92 Å². The normalized spacial score (nSPS) is 11.4. The molecule has 0 saturated carbocycles. The van der Waals surface area contributed by atoms with Gasteiger partial charge in [0.15, 0.2) is 0 Å². The topological polar surface area (TPSA) is 63.9 Å². The van der Waals surface area contributed by atoms with Crippen LogP contribution >= 0.6 is 0 Å². The third-order valence-corrected chi connectivity index (χ3v) is 1.35. The third kappa shape index (κ3) is 3.79. The summed E-state index contributed by atoms with van der Waals surface area (Å²) in [5.41, 5.74) is 0. The second-order valence-corrected chi connectivity index (χ2v) is 2.24. The molecule has 0 aliphatic heterocycles. The standard InChI is InChI=1S/C6H15NO3/c1-2-7(10)3-6(4-8)5-9/h6,8-10H,2-5H2,1H3. The molecule has 0 saturated heterocycles. The first-order valence-corrected chi connectivity index (χ1v) is 3.40. The minimum Gasteiger partial charge on any atom is -0.396 e. The Morgan fingerprint density at radius 3 is 2.10 bits per heavy atom. The van der Waals surface area contributed by atoms with E-state index in [1.165, 1.54) is 0 Å². The molecule has 62 valence electrons. The van der Waals surface area contributed by atoms with E-state index in [4.69, 9.17) is 15.4 Å². The lowest BCUT2D eigenvalue weighted by molar-refractivity contribution is -0.105. The average Bonchev–Trinajstić information content (AvgIpc) is 1.99. The fourth-order valence-corrected chi connectivity index (χ4v) is 0.600. The predicted molar refractivity (Wildman–Crippen MR) is 36.7 cm³/mol. The minimum atomic E-state index is -0.232. The Kier molecular flexibility index (Phi) is 5.52. The molecule has 0 atom stereocenters. The molecule has 4 nitrogen and oxygen atoms in total. The molecular weight excluding hydrogens is 134 g/mol. The van der Waals surface area contributed by atoms with Gasteiger partial charge in [0.2, 0.25) is 0 Å². The summed E-state index contributed by atoms with van der Waals surface area (Å²) in [7, 11) is 0. The molecule has 0 fully saturated rings. The predicted octanol–water partition coefficient (Wildman–Crippen LogP) is -0.702. The van der Waals surface area contributed by atoms with Crippen molar-refractivity contribution in [3.63, 3.8) is 0 Å². The van der Waals surface area contributed by atoms with Crippen molar-refractivity contribution in [1.29, 1.82) is 0 Å². The number of hydroxylamine groups is 2. The van der Waals surface area contributed by atoms with E-state index in [9.17, 15) is 0 Å². The first-order valence-electron chi connectivity index (χ1n) is 3.40. The maximum absolute atomic E-state index is 8.90. The smallest absolute Gasteiger partial charge is 0.0494 e. The molecule has 0 rings (SSSR count). The molecule has 3 N–H and O–H groups in total. The van der Waals surface area contributed by atoms with Gasteiger partial charge in [-0.1, -0.05) is 6.92 Å². The van der Waals surface area contributed by atoms with E-state index in [1.807, 2.05) is 0 Å². The van der Waals surface area contributed by atoms with Gasteiger partial charge in [0.05, 0.1) is 0 Å². The first kappa shape index (κ1) is 9.84. The van der Waals surface area contributed by atoms with Gasteiger partial charge in [-0.25, -0.2) is 0 Å². The average molecular weight is 149 g/mol. The van der Waals surface area contributed by atoms with E-state index in [0.717, 1.165) is 5.06 Å². The molecule has 0 aromatic heterocycles. The number of rotatable bonds is 5. The summed E-state index contributed by atoms with van der Waals surface area (Å²) in [5.74, 6) is -0.232. The van der Waals surface area contributed by atoms with Crippen LogP contribution in [-0.4, -0.2) is 46.8 Å². The molecule has 0 radical (unpaired) electrons. The van der Waals surface area contributed by atoms with Gasteiger partial charge >= 0.3 is 0 Å². The van der Waals surface area contributed by atoms with Crippen molar-refractivity contribution in [2.75, 3.05) is 26.3 Å². The van der Waals surface area contributed by atoms with Crippen molar-refractivity contribution >= 4 is 0 Å². The van der Waals surface area contributed by atoms with Gasteiger partial charge in [-0.3, -0.25) is 0 Å². The molecule has 0 aromatic carbocycles. The molecule has 0 aliphatic rings. The summed E-state index contributed by atoms with van der Waals surface area (Å²) in [6, 6.07) is 0. The van der Waals surface area contributed by atoms with Gasteiger partial charge in [-0.05, 0) is 0 Å². The fourth-order valence-electron chi connectivity index (χ4n) is 0.600. The summed E-state index contributed by atoms with van der Waals surface area (Å²) in [4.78, 5) is 0. The summed E-state index contributed by atoms with van der Waals surface area (Å²) < 4.78 is 0. The number of hydrogen-bond acceptors (Lipinski definition) is 4. The summed E-state index contributed by atoms with van der Waals surface area (Å²) >= 11 is 0. The van der Waals surface area contributed by atoms with Crippen LogP contribution in [0.25, 0.3) is 0 Å². The second kappa shape index (κ2) is 5.61. The summed E-state index contributed by atoms with van der Waals surface area (Å²) in [6.07, 6.45) is 0. The van der Waals surface area contributed by atoms with Gasteiger partial charge in [0.1, 0.15) is 0 Å². The second-order valence-electron chi connectivity index (χ2n) is 2.24. The Labute approximate surface area is 60.7 Å². The van der Waals surface area contributed by atoms with Gasteiger partial charge in [0.25, 0.3) is 0 Å². The molecule has 0 amide bonds. The Hall–Kier alpha value is -0.160. The van der Waals surface area contributed by atoms with Crippen LogP contribution in [-0.2, 0) is 0 Å². The van der Waals surface area contributed by atoms with Crippen LogP contribution in [0.15, 0.2) is 0 Å². The van der Waals surface area contributed by atoms with Crippen molar-refractivity contribution in [3.8, 4) is 0 Å². The molecule has 4 heteroatoms. The zero-order chi connectivity index (χ0) is 7.98. The highest BCUT2D eigenvalue weighted by molar-refractivity contribution is 4.56. The Morgan fingerprint density at radius 1 is 1.30 bits per heavy atom. The van der Waals surface area contributed by atoms with Crippen molar-refractivity contribution in [2.45, 2.75) is 6.92 Å². The monoisotopic (exact) mass is 149 g/mol. The van der Waals surface area contributed by atoms with Crippen molar-refractivity contribution in [1.82, 2.24) is 5.06 Å². The Morgan fingerprint density at radius 2 is 1.80 bits per heavy atom. The highest BCUT2D eigenvalue weighted by atomic mass is 16.5. The van der Waals surface area contributed by atoms with Gasteiger partial charge in [-0.2, -0.15) is 5.06 Å². The van der Waals surface area contributed by atoms with Crippen LogP contribution in [0.1, 0.15) is 6.92 Å². The Bertz CT molecular complexity index is 75.4. The van der Waals surface area contributed by atoms with Crippen molar-refractivity contribution < 1.29 is 15.4 Å². The van der Waals surface area contributed by atoms with Gasteiger partial charge in [0, 0.05) is 32.2 Å². The molecule has 0 aromatic rings. The molecule has 0 aliphatic carbocycles. The molecule has 0 unspecified atom stereocenters.